The Morgan fingerprint density at radius 1 is 1.22 bits per heavy atom. The molecule has 2 heteroatoms. The molecule has 0 bridgehead atoms. The van der Waals surface area contributed by atoms with Gasteiger partial charge in [0.05, 0.1) is 0 Å². The van der Waals surface area contributed by atoms with E-state index in [2.05, 4.69) is 38.2 Å². The van der Waals surface area contributed by atoms with Gasteiger partial charge in [0.15, 0.2) is 5.78 Å². The molecule has 0 aromatic heterocycles. The average molecular weight is 245 g/mol. The van der Waals surface area contributed by atoms with Gasteiger partial charge < -0.3 is 5.32 Å². The fourth-order valence-electron chi connectivity index (χ4n) is 3.23. The third-order valence-corrected chi connectivity index (χ3v) is 4.21. The van der Waals surface area contributed by atoms with Crippen molar-refractivity contribution in [2.45, 2.75) is 40.0 Å². The lowest BCUT2D eigenvalue weighted by molar-refractivity contribution is 0.0613. The van der Waals surface area contributed by atoms with Crippen LogP contribution >= 0.6 is 0 Å². The average Bonchev–Trinajstić information content (AvgIpc) is 2.21. The standard InChI is InChI=1S/C16H23NO/c1-11-8-12(2)14(13(3)9-11)15(18)16(10-17-4)6-5-7-16/h8-9,17H,5-7,10H2,1-4H3. The maximum atomic E-state index is 12.9. The minimum absolute atomic E-state index is 0.139. The molecule has 1 saturated carbocycles. The number of nitrogens with one attached hydrogen (secondary N) is 1. The quantitative estimate of drug-likeness (QED) is 0.825. The van der Waals surface area contributed by atoms with E-state index >= 15 is 0 Å². The molecular formula is C16H23NO. The highest BCUT2D eigenvalue weighted by Gasteiger charge is 2.44. The summed E-state index contributed by atoms with van der Waals surface area (Å²) >= 11 is 0. The number of carbonyl (C=O) groups is 1. The molecule has 1 aliphatic carbocycles. The summed E-state index contributed by atoms with van der Waals surface area (Å²) in [6, 6.07) is 4.23. The molecule has 2 nitrogen and oxygen atoms in total. The maximum Gasteiger partial charge on any atom is 0.170 e. The van der Waals surface area contributed by atoms with E-state index in [1.54, 1.807) is 0 Å². The summed E-state index contributed by atoms with van der Waals surface area (Å²) in [6.07, 6.45) is 3.23. The van der Waals surface area contributed by atoms with Gasteiger partial charge >= 0.3 is 0 Å². The Kier molecular flexibility index (Phi) is 3.58. The van der Waals surface area contributed by atoms with Crippen molar-refractivity contribution < 1.29 is 4.79 Å². The smallest absolute Gasteiger partial charge is 0.170 e. The van der Waals surface area contributed by atoms with E-state index in [0.717, 1.165) is 36.1 Å². The second kappa shape index (κ2) is 4.85. The molecular weight excluding hydrogens is 222 g/mol. The normalized spacial score (nSPS) is 17.3. The van der Waals surface area contributed by atoms with E-state index < -0.39 is 0 Å². The molecule has 0 saturated heterocycles. The van der Waals surface area contributed by atoms with Crippen molar-refractivity contribution in [1.82, 2.24) is 5.32 Å². The summed E-state index contributed by atoms with van der Waals surface area (Å²) in [5.74, 6) is 0.345. The Morgan fingerprint density at radius 2 is 1.78 bits per heavy atom. The van der Waals surface area contributed by atoms with E-state index in [1.807, 2.05) is 7.05 Å². The van der Waals surface area contributed by atoms with E-state index in [4.69, 9.17) is 0 Å². The summed E-state index contributed by atoms with van der Waals surface area (Å²) < 4.78 is 0. The molecule has 1 aromatic carbocycles. The predicted molar refractivity (Wildman–Crippen MR) is 75.2 cm³/mol. The van der Waals surface area contributed by atoms with Crippen LogP contribution in [0.25, 0.3) is 0 Å². The molecule has 98 valence electrons. The molecule has 0 atom stereocenters. The molecule has 0 spiro atoms. The molecule has 0 unspecified atom stereocenters. The first-order chi connectivity index (χ1) is 8.50. The molecule has 2 rings (SSSR count). The van der Waals surface area contributed by atoms with Gasteiger partial charge in [-0.05, 0) is 51.8 Å². The third kappa shape index (κ3) is 2.10. The molecule has 1 fully saturated rings. The van der Waals surface area contributed by atoms with Crippen LogP contribution < -0.4 is 5.32 Å². The van der Waals surface area contributed by atoms with Gasteiger partial charge in [0.25, 0.3) is 0 Å². The number of benzene rings is 1. The lowest BCUT2D eigenvalue weighted by Gasteiger charge is -2.41. The van der Waals surface area contributed by atoms with Crippen molar-refractivity contribution in [1.29, 1.82) is 0 Å². The molecule has 1 aliphatic rings. The molecule has 0 radical (unpaired) electrons. The van der Waals surface area contributed by atoms with Crippen LogP contribution in [0.4, 0.5) is 0 Å². The van der Waals surface area contributed by atoms with Crippen molar-refractivity contribution in [3.8, 4) is 0 Å². The number of hydrogen-bond acceptors (Lipinski definition) is 2. The Balaban J connectivity index is 2.40. The number of rotatable bonds is 4. The summed E-state index contributed by atoms with van der Waals surface area (Å²) in [7, 11) is 1.93. The largest absolute Gasteiger partial charge is 0.319 e. The molecule has 0 amide bonds. The number of ketones is 1. The van der Waals surface area contributed by atoms with Crippen LogP contribution in [0.2, 0.25) is 0 Å². The number of hydrogen-bond donors (Lipinski definition) is 1. The molecule has 0 aliphatic heterocycles. The Hall–Kier alpha value is -1.15. The fraction of sp³-hybridized carbons (Fsp3) is 0.562. The van der Waals surface area contributed by atoms with Crippen LogP contribution in [0, 0.1) is 26.2 Å². The van der Waals surface area contributed by atoms with Crippen LogP contribution in [0.5, 0.6) is 0 Å². The first kappa shape index (κ1) is 13.3. The van der Waals surface area contributed by atoms with Crippen LogP contribution in [0.15, 0.2) is 12.1 Å². The SMILES string of the molecule is CNCC1(C(=O)c2c(C)cc(C)cc2C)CCC1. The summed E-state index contributed by atoms with van der Waals surface area (Å²) in [5.41, 5.74) is 4.30. The van der Waals surface area contributed by atoms with E-state index in [-0.39, 0.29) is 5.41 Å². The maximum absolute atomic E-state index is 12.9. The zero-order valence-corrected chi connectivity index (χ0v) is 11.9. The minimum atomic E-state index is -0.139. The minimum Gasteiger partial charge on any atom is -0.319 e. The van der Waals surface area contributed by atoms with E-state index in [1.165, 1.54) is 12.0 Å². The summed E-state index contributed by atoms with van der Waals surface area (Å²) in [4.78, 5) is 12.9. The van der Waals surface area contributed by atoms with Crippen LogP contribution in [0.3, 0.4) is 0 Å². The highest BCUT2D eigenvalue weighted by Crippen LogP contribution is 2.44. The van der Waals surface area contributed by atoms with Gasteiger partial charge in [-0.3, -0.25) is 4.79 Å². The second-order valence-electron chi connectivity index (χ2n) is 5.77. The lowest BCUT2D eigenvalue weighted by atomic mass is 9.63. The van der Waals surface area contributed by atoms with Crippen molar-refractivity contribution in [3.63, 3.8) is 0 Å². The number of Topliss-reactive ketones (excluding diaryl/α,β-unsaturated/α-hetero) is 1. The Bertz CT molecular complexity index is 449. The fourth-order valence-corrected chi connectivity index (χ4v) is 3.23. The first-order valence-corrected chi connectivity index (χ1v) is 6.77. The summed E-state index contributed by atoms with van der Waals surface area (Å²) in [6.45, 7) is 7.00. The van der Waals surface area contributed by atoms with E-state index in [9.17, 15) is 4.79 Å². The Labute approximate surface area is 110 Å². The van der Waals surface area contributed by atoms with Gasteiger partial charge in [0, 0.05) is 17.5 Å². The van der Waals surface area contributed by atoms with Gasteiger partial charge in [0.1, 0.15) is 0 Å². The lowest BCUT2D eigenvalue weighted by Crippen LogP contribution is -2.45. The molecule has 18 heavy (non-hydrogen) atoms. The van der Waals surface area contributed by atoms with Gasteiger partial charge in [-0.2, -0.15) is 0 Å². The van der Waals surface area contributed by atoms with Crippen molar-refractivity contribution in [3.05, 3.63) is 34.4 Å². The van der Waals surface area contributed by atoms with Gasteiger partial charge in [-0.25, -0.2) is 0 Å². The van der Waals surface area contributed by atoms with Crippen LogP contribution in [-0.4, -0.2) is 19.4 Å². The van der Waals surface area contributed by atoms with E-state index in [0.29, 0.717) is 5.78 Å². The van der Waals surface area contributed by atoms with Gasteiger partial charge in [0.2, 0.25) is 0 Å². The highest BCUT2D eigenvalue weighted by molar-refractivity contribution is 6.03. The Morgan fingerprint density at radius 3 is 2.17 bits per heavy atom. The zero-order chi connectivity index (χ0) is 13.3. The van der Waals surface area contributed by atoms with Crippen LogP contribution in [-0.2, 0) is 0 Å². The predicted octanol–water partition coefficient (Wildman–Crippen LogP) is 3.18. The van der Waals surface area contributed by atoms with Crippen molar-refractivity contribution >= 4 is 5.78 Å². The van der Waals surface area contributed by atoms with Gasteiger partial charge in [-0.15, -0.1) is 0 Å². The molecule has 0 heterocycles. The topological polar surface area (TPSA) is 29.1 Å². The summed E-state index contributed by atoms with van der Waals surface area (Å²) in [5, 5.41) is 3.19. The van der Waals surface area contributed by atoms with Crippen molar-refractivity contribution in [2.24, 2.45) is 5.41 Å². The second-order valence-corrected chi connectivity index (χ2v) is 5.77. The zero-order valence-electron chi connectivity index (χ0n) is 11.9. The number of aryl methyl sites for hydroxylation is 3. The van der Waals surface area contributed by atoms with Crippen LogP contribution in [0.1, 0.15) is 46.3 Å². The highest BCUT2D eigenvalue weighted by atomic mass is 16.1. The monoisotopic (exact) mass is 245 g/mol. The van der Waals surface area contributed by atoms with Crippen molar-refractivity contribution in [2.75, 3.05) is 13.6 Å². The molecule has 1 N–H and O–H groups in total. The first-order valence-electron chi connectivity index (χ1n) is 6.77. The van der Waals surface area contributed by atoms with Gasteiger partial charge in [-0.1, -0.05) is 24.1 Å². The molecule has 1 aromatic rings. The number of carbonyl (C=O) groups excluding carboxylic acids is 1. The third-order valence-electron chi connectivity index (χ3n) is 4.21.